The lowest BCUT2D eigenvalue weighted by Crippen LogP contribution is -2.42. The Morgan fingerprint density at radius 2 is 1.86 bits per heavy atom. The van der Waals surface area contributed by atoms with Gasteiger partial charge in [0.05, 0.1) is 11.2 Å². The van der Waals surface area contributed by atoms with Gasteiger partial charge in [0.25, 0.3) is 5.91 Å². The molecule has 0 fully saturated rings. The summed E-state index contributed by atoms with van der Waals surface area (Å²) < 4.78 is 19.6. The van der Waals surface area contributed by atoms with Crippen molar-refractivity contribution in [2.45, 2.75) is 5.54 Å². The monoisotopic (exact) mass is 408 g/mol. The minimum Gasteiger partial charge on any atom is -0.455 e. The van der Waals surface area contributed by atoms with Crippen molar-refractivity contribution in [1.29, 1.82) is 0 Å². The fraction of sp³-hybridized carbons (Fsp3) is 0.0952. The zero-order chi connectivity index (χ0) is 20.3. The molecule has 6 nitrogen and oxygen atoms in total. The smallest absolute Gasteiger partial charge is 0.266 e. The number of ether oxygens (including phenoxy) is 1. The molecule has 0 saturated heterocycles. The maximum Gasteiger partial charge on any atom is 0.266 e. The largest absolute Gasteiger partial charge is 0.455 e. The topological polar surface area (TPSA) is 80.8 Å². The summed E-state index contributed by atoms with van der Waals surface area (Å²) in [6, 6.07) is 11.5. The number of fused-ring (bicyclic) bond motifs is 4. The second kappa shape index (κ2) is 6.02. The molecule has 29 heavy (non-hydrogen) atoms. The number of benzene rings is 2. The first kappa shape index (κ1) is 17.6. The molecule has 3 heterocycles. The van der Waals surface area contributed by atoms with Gasteiger partial charge in [-0.05, 0) is 41.5 Å². The summed E-state index contributed by atoms with van der Waals surface area (Å²) in [5.41, 5.74) is 7.19. The Hall–Kier alpha value is -3.45. The van der Waals surface area contributed by atoms with E-state index in [-0.39, 0.29) is 16.9 Å². The highest BCUT2D eigenvalue weighted by atomic mass is 35.5. The molecule has 0 radical (unpaired) electrons. The van der Waals surface area contributed by atoms with Crippen LogP contribution in [0.25, 0.3) is 11.1 Å². The average molecular weight is 409 g/mol. The Morgan fingerprint density at radius 1 is 1.10 bits per heavy atom. The molecule has 1 spiro atoms. The van der Waals surface area contributed by atoms with E-state index >= 15 is 0 Å². The lowest BCUT2D eigenvalue weighted by Gasteiger charge is -2.33. The van der Waals surface area contributed by atoms with Gasteiger partial charge in [-0.2, -0.15) is 0 Å². The molecule has 0 bridgehead atoms. The molecule has 8 heteroatoms. The third-order valence-corrected chi connectivity index (χ3v) is 5.55. The molecule has 2 aromatic carbocycles. The lowest BCUT2D eigenvalue weighted by atomic mass is 9.79. The van der Waals surface area contributed by atoms with E-state index in [2.05, 4.69) is 9.98 Å². The van der Waals surface area contributed by atoms with Gasteiger partial charge in [0.2, 0.25) is 5.54 Å². The van der Waals surface area contributed by atoms with Crippen LogP contribution in [0.1, 0.15) is 11.1 Å². The average Bonchev–Trinajstić information content (AvgIpc) is 2.95. The van der Waals surface area contributed by atoms with Gasteiger partial charge in [0, 0.05) is 24.4 Å². The number of likely N-dealkylation sites (N-methyl/N-ethyl adjacent to an activating group) is 1. The van der Waals surface area contributed by atoms with Gasteiger partial charge in [-0.15, -0.1) is 0 Å². The minimum absolute atomic E-state index is 0.0153. The highest BCUT2D eigenvalue weighted by molar-refractivity contribution is 6.31. The number of halogens is 2. The third-order valence-electron chi connectivity index (χ3n) is 5.26. The van der Waals surface area contributed by atoms with E-state index in [1.54, 1.807) is 43.7 Å². The zero-order valence-electron chi connectivity index (χ0n) is 15.2. The summed E-state index contributed by atoms with van der Waals surface area (Å²) in [6.45, 7) is 0. The summed E-state index contributed by atoms with van der Waals surface area (Å²) in [5, 5.41) is 0.0153. The van der Waals surface area contributed by atoms with Crippen LogP contribution in [-0.2, 0) is 10.3 Å². The first-order valence-electron chi connectivity index (χ1n) is 8.77. The van der Waals surface area contributed by atoms with Crippen LogP contribution in [0, 0.1) is 5.82 Å². The Morgan fingerprint density at radius 3 is 2.59 bits per heavy atom. The van der Waals surface area contributed by atoms with Crippen molar-refractivity contribution in [3.8, 4) is 22.6 Å². The number of carbonyl (C=O) groups excluding carboxylic acids is 1. The number of amides is 1. The molecule has 5 rings (SSSR count). The fourth-order valence-electron chi connectivity index (χ4n) is 3.77. The molecule has 0 saturated carbocycles. The van der Waals surface area contributed by atoms with E-state index in [9.17, 15) is 9.18 Å². The van der Waals surface area contributed by atoms with Gasteiger partial charge >= 0.3 is 0 Å². The highest BCUT2D eigenvalue weighted by Gasteiger charge is 2.54. The molecular formula is C21H14ClFN4O2. The van der Waals surface area contributed by atoms with Gasteiger partial charge in [-0.25, -0.2) is 9.38 Å². The summed E-state index contributed by atoms with van der Waals surface area (Å²) in [5.74, 6) is 0.238. The molecule has 2 aliphatic rings. The molecule has 1 unspecified atom stereocenters. The van der Waals surface area contributed by atoms with Crippen LogP contribution >= 0.6 is 11.6 Å². The molecule has 2 N–H and O–H groups in total. The number of aromatic nitrogens is 1. The summed E-state index contributed by atoms with van der Waals surface area (Å²) in [7, 11) is 1.58. The second-order valence-electron chi connectivity index (χ2n) is 6.86. The van der Waals surface area contributed by atoms with Gasteiger partial charge < -0.3 is 10.5 Å². The Bertz CT molecular complexity index is 1230. The number of guanidine groups is 1. The second-order valence-corrected chi connectivity index (χ2v) is 7.27. The van der Waals surface area contributed by atoms with E-state index in [4.69, 9.17) is 22.1 Å². The summed E-state index contributed by atoms with van der Waals surface area (Å²) in [4.78, 5) is 23.3. The van der Waals surface area contributed by atoms with Crippen molar-refractivity contribution >= 4 is 23.5 Å². The van der Waals surface area contributed by atoms with Crippen molar-refractivity contribution in [2.24, 2.45) is 10.7 Å². The number of aliphatic imine (C=N–C) groups is 1. The first-order valence-corrected chi connectivity index (χ1v) is 9.15. The lowest BCUT2D eigenvalue weighted by molar-refractivity contribution is -0.129. The maximum absolute atomic E-state index is 13.6. The molecular weight excluding hydrogens is 395 g/mol. The van der Waals surface area contributed by atoms with Gasteiger partial charge in [-0.3, -0.25) is 14.7 Å². The number of pyridine rings is 1. The SMILES string of the molecule is CN1C(=O)C2(N=C1N)c1ccncc1Oc1ccc(-c3ccc(F)c(Cl)c3)cc12. The molecule has 144 valence electrons. The minimum atomic E-state index is -1.37. The number of carbonyl (C=O) groups is 1. The van der Waals surface area contributed by atoms with E-state index in [1.165, 1.54) is 17.0 Å². The van der Waals surface area contributed by atoms with Crippen LogP contribution in [0.2, 0.25) is 5.02 Å². The fourth-order valence-corrected chi connectivity index (χ4v) is 3.95. The van der Waals surface area contributed by atoms with Gasteiger partial charge in [0.1, 0.15) is 11.6 Å². The van der Waals surface area contributed by atoms with Crippen LogP contribution in [-0.4, -0.2) is 28.8 Å². The van der Waals surface area contributed by atoms with Gasteiger partial charge in [0.15, 0.2) is 11.7 Å². The predicted octanol–water partition coefficient (Wildman–Crippen LogP) is 3.68. The Labute approximate surface area is 170 Å². The van der Waals surface area contributed by atoms with Crippen molar-refractivity contribution in [2.75, 3.05) is 7.05 Å². The van der Waals surface area contributed by atoms with E-state index in [0.717, 1.165) is 5.56 Å². The van der Waals surface area contributed by atoms with Crippen LogP contribution < -0.4 is 10.5 Å². The van der Waals surface area contributed by atoms with Crippen LogP contribution in [0.3, 0.4) is 0 Å². The van der Waals surface area contributed by atoms with E-state index in [0.29, 0.717) is 28.2 Å². The highest BCUT2D eigenvalue weighted by Crippen LogP contribution is 2.52. The number of hydrogen-bond acceptors (Lipinski definition) is 5. The van der Waals surface area contributed by atoms with E-state index < -0.39 is 11.4 Å². The van der Waals surface area contributed by atoms with E-state index in [1.807, 2.05) is 6.07 Å². The summed E-state index contributed by atoms with van der Waals surface area (Å²) in [6.07, 6.45) is 3.13. The van der Waals surface area contributed by atoms with Crippen molar-refractivity contribution in [3.05, 3.63) is 76.8 Å². The van der Waals surface area contributed by atoms with Crippen LogP contribution in [0.4, 0.5) is 4.39 Å². The standard InChI is InChI=1S/C21H14ClFN4O2/c1-27-19(28)21(26-20(27)24)13-6-7-25-10-18(13)29-17-5-3-11(8-14(17)21)12-2-4-16(23)15(22)9-12/h2-10H,1H3,(H2,24,26). The summed E-state index contributed by atoms with van der Waals surface area (Å²) >= 11 is 5.95. The molecule has 1 aromatic heterocycles. The number of rotatable bonds is 1. The first-order chi connectivity index (χ1) is 13.9. The molecule has 1 atom stereocenters. The molecule has 1 amide bonds. The maximum atomic E-state index is 13.6. The van der Waals surface area contributed by atoms with Crippen molar-refractivity contribution < 1.29 is 13.9 Å². The molecule has 3 aromatic rings. The van der Waals surface area contributed by atoms with Crippen molar-refractivity contribution in [3.63, 3.8) is 0 Å². The number of hydrogen-bond donors (Lipinski definition) is 1. The zero-order valence-corrected chi connectivity index (χ0v) is 15.9. The normalized spacial score (nSPS) is 19.6. The number of nitrogens with zero attached hydrogens (tertiary/aromatic N) is 3. The quantitative estimate of drug-likeness (QED) is 0.666. The van der Waals surface area contributed by atoms with Crippen LogP contribution in [0.15, 0.2) is 59.9 Å². The predicted molar refractivity (Wildman–Crippen MR) is 106 cm³/mol. The van der Waals surface area contributed by atoms with Gasteiger partial charge in [-0.1, -0.05) is 23.7 Å². The Kier molecular flexibility index (Phi) is 3.66. The Balaban J connectivity index is 1.78. The van der Waals surface area contributed by atoms with Crippen LogP contribution in [0.5, 0.6) is 11.5 Å². The molecule has 2 aliphatic heterocycles. The van der Waals surface area contributed by atoms with Crippen molar-refractivity contribution in [1.82, 2.24) is 9.88 Å². The number of nitrogens with two attached hydrogens (primary N) is 1. The molecule has 0 aliphatic carbocycles. The third kappa shape index (κ3) is 2.37.